The lowest BCUT2D eigenvalue weighted by atomic mass is 9.89. The Kier molecular flexibility index (Phi) is 3.35. The highest BCUT2D eigenvalue weighted by Gasteiger charge is 2.26. The average Bonchev–Trinajstić information content (AvgIpc) is 2.22. The van der Waals surface area contributed by atoms with E-state index < -0.39 is 16.4 Å². The monoisotopic (exact) mass is 240 g/mol. The molecule has 6 heteroatoms. The zero-order chi connectivity index (χ0) is 12.4. The summed E-state index contributed by atoms with van der Waals surface area (Å²) in [5.41, 5.74) is 0.155. The number of aliphatic hydroxyl groups is 1. The predicted octanol–water partition coefficient (Wildman–Crippen LogP) is 1.35. The molecule has 0 spiro atoms. The van der Waals surface area contributed by atoms with Crippen LogP contribution in [-0.2, 0) is 6.54 Å². The molecule has 0 unspecified atom stereocenters. The summed E-state index contributed by atoms with van der Waals surface area (Å²) in [5, 5.41) is 22.6. The molecule has 1 aliphatic rings. The first kappa shape index (κ1) is 11.9. The van der Waals surface area contributed by atoms with Crippen molar-refractivity contribution in [1.82, 2.24) is 5.32 Å². The van der Waals surface area contributed by atoms with Crippen molar-refractivity contribution < 1.29 is 14.4 Å². The number of hydrogen-bond donors (Lipinski definition) is 2. The minimum atomic E-state index is -0.817. The smallest absolute Gasteiger partial charge is 0.304 e. The van der Waals surface area contributed by atoms with Crippen molar-refractivity contribution in [2.24, 2.45) is 0 Å². The van der Waals surface area contributed by atoms with Crippen LogP contribution in [0.5, 0.6) is 0 Å². The number of nitro benzene ring substituents is 1. The summed E-state index contributed by atoms with van der Waals surface area (Å²) in [6.07, 6.45) is 1.17. The molecule has 0 atom stereocenters. The third kappa shape index (κ3) is 2.78. The number of nitro groups is 1. The van der Waals surface area contributed by atoms with Gasteiger partial charge in [0.25, 0.3) is 0 Å². The second-order valence-electron chi connectivity index (χ2n) is 4.25. The number of rotatable bonds is 4. The molecule has 0 aliphatic heterocycles. The van der Waals surface area contributed by atoms with Gasteiger partial charge in [0.1, 0.15) is 0 Å². The maximum absolute atomic E-state index is 13.3. The van der Waals surface area contributed by atoms with Gasteiger partial charge in [-0.05, 0) is 24.5 Å². The van der Waals surface area contributed by atoms with Gasteiger partial charge in [0.15, 0.2) is 0 Å². The molecule has 0 heterocycles. The van der Waals surface area contributed by atoms with E-state index in [2.05, 4.69) is 5.32 Å². The van der Waals surface area contributed by atoms with Crippen molar-refractivity contribution in [3.63, 3.8) is 0 Å². The van der Waals surface area contributed by atoms with Crippen molar-refractivity contribution in [2.45, 2.75) is 31.5 Å². The minimum Gasteiger partial charge on any atom is -0.393 e. The maximum Gasteiger partial charge on any atom is 0.304 e. The van der Waals surface area contributed by atoms with Crippen LogP contribution in [-0.4, -0.2) is 22.2 Å². The van der Waals surface area contributed by atoms with E-state index in [-0.39, 0.29) is 12.1 Å². The van der Waals surface area contributed by atoms with Crippen molar-refractivity contribution in [1.29, 1.82) is 0 Å². The van der Waals surface area contributed by atoms with E-state index in [1.807, 2.05) is 0 Å². The summed E-state index contributed by atoms with van der Waals surface area (Å²) in [7, 11) is 0. The zero-order valence-corrected chi connectivity index (χ0v) is 9.10. The lowest BCUT2D eigenvalue weighted by molar-refractivity contribution is -0.387. The van der Waals surface area contributed by atoms with Gasteiger partial charge < -0.3 is 10.4 Å². The topological polar surface area (TPSA) is 75.4 Å². The molecule has 17 heavy (non-hydrogen) atoms. The predicted molar refractivity (Wildman–Crippen MR) is 58.9 cm³/mol. The normalized spacial score (nSPS) is 23.2. The second kappa shape index (κ2) is 4.77. The standard InChI is InChI=1S/C11H13FN2O3/c12-10-3-7(1-2-11(10)14(16)17)6-13-8-4-9(15)5-8/h1-3,8-9,13,15H,4-6H2. The van der Waals surface area contributed by atoms with Gasteiger partial charge in [-0.15, -0.1) is 0 Å². The molecular formula is C11H13FN2O3. The fourth-order valence-electron chi connectivity index (χ4n) is 1.83. The summed E-state index contributed by atoms with van der Waals surface area (Å²) in [4.78, 5) is 9.67. The van der Waals surface area contributed by atoms with E-state index >= 15 is 0 Å². The first-order valence-electron chi connectivity index (χ1n) is 5.40. The average molecular weight is 240 g/mol. The Hall–Kier alpha value is -1.53. The van der Waals surface area contributed by atoms with Crippen LogP contribution < -0.4 is 5.32 Å². The lowest BCUT2D eigenvalue weighted by Crippen LogP contribution is -2.43. The molecule has 1 saturated carbocycles. The summed E-state index contributed by atoms with van der Waals surface area (Å²) >= 11 is 0. The zero-order valence-electron chi connectivity index (χ0n) is 9.10. The number of nitrogens with zero attached hydrogens (tertiary/aromatic N) is 1. The summed E-state index contributed by atoms with van der Waals surface area (Å²) in [6, 6.07) is 4.12. The fourth-order valence-corrected chi connectivity index (χ4v) is 1.83. The van der Waals surface area contributed by atoms with Crippen LogP contribution in [0.25, 0.3) is 0 Å². The summed E-state index contributed by atoms with van der Waals surface area (Å²) in [5.74, 6) is -0.817. The Morgan fingerprint density at radius 3 is 2.76 bits per heavy atom. The highest BCUT2D eigenvalue weighted by Crippen LogP contribution is 2.21. The highest BCUT2D eigenvalue weighted by atomic mass is 19.1. The largest absolute Gasteiger partial charge is 0.393 e. The van der Waals surface area contributed by atoms with E-state index in [1.54, 1.807) is 0 Å². The molecule has 2 N–H and O–H groups in total. The highest BCUT2D eigenvalue weighted by molar-refractivity contribution is 5.34. The number of aliphatic hydroxyl groups excluding tert-OH is 1. The molecule has 5 nitrogen and oxygen atoms in total. The fraction of sp³-hybridized carbons (Fsp3) is 0.455. The third-order valence-electron chi connectivity index (χ3n) is 2.92. The van der Waals surface area contributed by atoms with E-state index in [9.17, 15) is 14.5 Å². The van der Waals surface area contributed by atoms with Gasteiger partial charge in [0.05, 0.1) is 11.0 Å². The van der Waals surface area contributed by atoms with Crippen molar-refractivity contribution in [2.75, 3.05) is 0 Å². The molecular weight excluding hydrogens is 227 g/mol. The lowest BCUT2D eigenvalue weighted by Gasteiger charge is -2.32. The molecule has 0 bridgehead atoms. The van der Waals surface area contributed by atoms with Crippen LogP contribution in [0.4, 0.5) is 10.1 Å². The van der Waals surface area contributed by atoms with Crippen molar-refractivity contribution >= 4 is 5.69 Å². The molecule has 2 rings (SSSR count). The van der Waals surface area contributed by atoms with Gasteiger partial charge in [-0.2, -0.15) is 4.39 Å². The Bertz CT molecular complexity index is 433. The van der Waals surface area contributed by atoms with Crippen LogP contribution in [0.1, 0.15) is 18.4 Å². The Morgan fingerprint density at radius 1 is 1.53 bits per heavy atom. The molecule has 1 fully saturated rings. The maximum atomic E-state index is 13.3. The Morgan fingerprint density at radius 2 is 2.24 bits per heavy atom. The summed E-state index contributed by atoms with van der Waals surface area (Å²) in [6.45, 7) is 0.451. The molecule has 92 valence electrons. The molecule has 0 aromatic heterocycles. The molecule has 0 amide bonds. The van der Waals surface area contributed by atoms with Crippen LogP contribution in [0.3, 0.4) is 0 Å². The molecule has 1 aliphatic carbocycles. The molecule has 1 aromatic carbocycles. The minimum absolute atomic E-state index is 0.235. The van der Waals surface area contributed by atoms with Gasteiger partial charge in [0.2, 0.25) is 5.82 Å². The van der Waals surface area contributed by atoms with Gasteiger partial charge in [0, 0.05) is 18.7 Å². The van der Waals surface area contributed by atoms with E-state index in [1.165, 1.54) is 18.2 Å². The Balaban J connectivity index is 1.93. The van der Waals surface area contributed by atoms with Crippen molar-refractivity contribution in [3.05, 3.63) is 39.7 Å². The van der Waals surface area contributed by atoms with Gasteiger partial charge >= 0.3 is 5.69 Å². The third-order valence-corrected chi connectivity index (χ3v) is 2.92. The van der Waals surface area contributed by atoms with Gasteiger partial charge in [-0.1, -0.05) is 6.07 Å². The number of hydrogen-bond acceptors (Lipinski definition) is 4. The van der Waals surface area contributed by atoms with Crippen LogP contribution >= 0.6 is 0 Å². The van der Waals surface area contributed by atoms with E-state index in [0.717, 1.165) is 0 Å². The van der Waals surface area contributed by atoms with E-state index in [0.29, 0.717) is 24.9 Å². The summed E-state index contributed by atoms with van der Waals surface area (Å²) < 4.78 is 13.3. The second-order valence-corrected chi connectivity index (χ2v) is 4.25. The first-order chi connectivity index (χ1) is 8.06. The number of nitrogens with one attached hydrogen (secondary N) is 1. The SMILES string of the molecule is O=[N+]([O-])c1ccc(CNC2CC(O)C2)cc1F. The van der Waals surface area contributed by atoms with Gasteiger partial charge in [-0.25, -0.2) is 0 Å². The Labute approximate surface area is 97.4 Å². The van der Waals surface area contributed by atoms with E-state index in [4.69, 9.17) is 5.11 Å². The van der Waals surface area contributed by atoms with Crippen LogP contribution in [0.15, 0.2) is 18.2 Å². The first-order valence-corrected chi connectivity index (χ1v) is 5.40. The number of halogens is 1. The molecule has 1 aromatic rings. The van der Waals surface area contributed by atoms with Gasteiger partial charge in [-0.3, -0.25) is 10.1 Å². The quantitative estimate of drug-likeness (QED) is 0.615. The van der Waals surface area contributed by atoms with Crippen molar-refractivity contribution in [3.8, 4) is 0 Å². The number of benzene rings is 1. The molecule has 0 saturated heterocycles. The van der Waals surface area contributed by atoms with Crippen LogP contribution in [0, 0.1) is 15.9 Å². The van der Waals surface area contributed by atoms with Crippen LogP contribution in [0.2, 0.25) is 0 Å². The molecule has 0 radical (unpaired) electrons.